The molecule has 1 aromatic rings. The van der Waals surface area contributed by atoms with E-state index in [0.717, 1.165) is 4.88 Å². The fourth-order valence-corrected chi connectivity index (χ4v) is 3.16. The van der Waals surface area contributed by atoms with Crippen LogP contribution in [0.1, 0.15) is 30.7 Å². The summed E-state index contributed by atoms with van der Waals surface area (Å²) in [5.74, 6) is 0.403. The van der Waals surface area contributed by atoms with Crippen LogP contribution in [0.5, 0.6) is 0 Å². The fourth-order valence-electron chi connectivity index (χ4n) is 2.27. The molecule has 1 amide bonds. The average molecular weight is 265 g/mol. The molecular formula is C14H19NO2S. The Bertz CT molecular complexity index is 476. The summed E-state index contributed by atoms with van der Waals surface area (Å²) < 4.78 is 0. The number of rotatable bonds is 2. The number of Topliss-reactive ketones (excluding diaryl/α,β-unsaturated/α-hetero) is 1. The third-order valence-corrected chi connectivity index (χ3v) is 4.61. The van der Waals surface area contributed by atoms with Gasteiger partial charge in [0, 0.05) is 29.8 Å². The van der Waals surface area contributed by atoms with Crippen LogP contribution in [0.4, 0.5) is 0 Å². The highest BCUT2D eigenvalue weighted by Gasteiger charge is 2.35. The molecule has 98 valence electrons. The van der Waals surface area contributed by atoms with E-state index in [1.54, 1.807) is 11.3 Å². The molecule has 4 heteroatoms. The van der Waals surface area contributed by atoms with Crippen LogP contribution >= 0.6 is 11.3 Å². The maximum Gasteiger partial charge on any atom is 0.227 e. The van der Waals surface area contributed by atoms with Crippen LogP contribution < -0.4 is 0 Å². The molecule has 0 aliphatic carbocycles. The number of likely N-dealkylation sites (tertiary alicyclic amines) is 1. The first-order chi connectivity index (χ1) is 8.40. The van der Waals surface area contributed by atoms with Crippen molar-refractivity contribution in [3.63, 3.8) is 0 Å². The summed E-state index contributed by atoms with van der Waals surface area (Å²) in [5.41, 5.74) is 0.791. The lowest BCUT2D eigenvalue weighted by atomic mass is 9.82. The van der Waals surface area contributed by atoms with Gasteiger partial charge in [-0.2, -0.15) is 0 Å². The molecule has 0 radical (unpaired) electrons. The van der Waals surface area contributed by atoms with Gasteiger partial charge in [-0.15, -0.1) is 11.3 Å². The predicted molar refractivity (Wildman–Crippen MR) is 72.7 cm³/mol. The minimum Gasteiger partial charge on any atom is -0.341 e. The van der Waals surface area contributed by atoms with Crippen molar-refractivity contribution in [3.05, 3.63) is 21.9 Å². The molecule has 1 aromatic heterocycles. The van der Waals surface area contributed by atoms with Crippen molar-refractivity contribution in [2.75, 3.05) is 13.1 Å². The van der Waals surface area contributed by atoms with E-state index >= 15 is 0 Å². The lowest BCUT2D eigenvalue weighted by molar-refractivity contribution is -0.140. The number of ketones is 1. The first-order valence-electron chi connectivity index (χ1n) is 6.24. The molecule has 0 unspecified atom stereocenters. The number of amides is 1. The Morgan fingerprint density at radius 1 is 1.50 bits per heavy atom. The van der Waals surface area contributed by atoms with Crippen LogP contribution in [0.15, 0.2) is 11.4 Å². The Morgan fingerprint density at radius 2 is 2.22 bits per heavy atom. The Hall–Kier alpha value is -1.16. The molecule has 0 aromatic carbocycles. The quantitative estimate of drug-likeness (QED) is 0.823. The predicted octanol–water partition coefficient (Wildman–Crippen LogP) is 2.43. The molecule has 0 atom stereocenters. The molecule has 18 heavy (non-hydrogen) atoms. The van der Waals surface area contributed by atoms with E-state index in [1.165, 1.54) is 5.56 Å². The lowest BCUT2D eigenvalue weighted by Crippen LogP contribution is -2.49. The van der Waals surface area contributed by atoms with Gasteiger partial charge in [0.1, 0.15) is 5.78 Å². The monoisotopic (exact) mass is 265 g/mol. The van der Waals surface area contributed by atoms with Gasteiger partial charge in [0.15, 0.2) is 0 Å². The number of aryl methyl sites for hydroxylation is 1. The second-order valence-electron chi connectivity index (χ2n) is 5.58. The van der Waals surface area contributed by atoms with Crippen molar-refractivity contribution >= 4 is 23.0 Å². The average Bonchev–Trinajstić information content (AvgIpc) is 2.68. The lowest BCUT2D eigenvalue weighted by Gasteiger charge is -2.36. The Labute approximate surface area is 112 Å². The molecule has 1 saturated heterocycles. The topological polar surface area (TPSA) is 37.4 Å². The molecule has 0 spiro atoms. The van der Waals surface area contributed by atoms with Crippen molar-refractivity contribution in [3.8, 4) is 0 Å². The molecule has 0 saturated carbocycles. The van der Waals surface area contributed by atoms with Crippen LogP contribution in [-0.4, -0.2) is 29.7 Å². The van der Waals surface area contributed by atoms with Gasteiger partial charge in [-0.1, -0.05) is 13.8 Å². The normalized spacial score (nSPS) is 19.1. The molecule has 0 bridgehead atoms. The summed E-state index contributed by atoms with van der Waals surface area (Å²) in [5, 5.41) is 2.02. The minimum absolute atomic E-state index is 0.140. The number of thiophene rings is 1. The SMILES string of the molecule is Cc1ccsc1CC(=O)N1CCC(=O)C(C)(C)C1. The number of hydrogen-bond acceptors (Lipinski definition) is 3. The van der Waals surface area contributed by atoms with Gasteiger partial charge in [0.25, 0.3) is 0 Å². The fraction of sp³-hybridized carbons (Fsp3) is 0.571. The third-order valence-electron chi connectivity index (χ3n) is 3.58. The standard InChI is InChI=1S/C14H19NO2S/c1-10-5-7-18-11(10)8-13(17)15-6-4-12(16)14(2,3)9-15/h5,7H,4,6,8-9H2,1-3H3. The largest absolute Gasteiger partial charge is 0.341 e. The van der Waals surface area contributed by atoms with Gasteiger partial charge in [-0.3, -0.25) is 9.59 Å². The van der Waals surface area contributed by atoms with Crippen LogP contribution in [0.2, 0.25) is 0 Å². The molecule has 2 rings (SSSR count). The number of carbonyl (C=O) groups excluding carboxylic acids is 2. The van der Waals surface area contributed by atoms with Crippen LogP contribution in [0.3, 0.4) is 0 Å². The number of piperidine rings is 1. The summed E-state index contributed by atoms with van der Waals surface area (Å²) in [6.45, 7) is 7.00. The maximum absolute atomic E-state index is 12.2. The Balaban J connectivity index is 2.02. The number of nitrogens with zero attached hydrogens (tertiary/aromatic N) is 1. The van der Waals surface area contributed by atoms with Gasteiger partial charge >= 0.3 is 0 Å². The number of hydrogen-bond donors (Lipinski definition) is 0. The summed E-state index contributed by atoms with van der Waals surface area (Å²) in [4.78, 5) is 26.9. The summed E-state index contributed by atoms with van der Waals surface area (Å²) in [6.07, 6.45) is 0.954. The maximum atomic E-state index is 12.2. The molecule has 0 N–H and O–H groups in total. The zero-order valence-electron chi connectivity index (χ0n) is 11.2. The van der Waals surface area contributed by atoms with E-state index in [9.17, 15) is 9.59 Å². The van der Waals surface area contributed by atoms with E-state index in [-0.39, 0.29) is 11.7 Å². The van der Waals surface area contributed by atoms with E-state index in [0.29, 0.717) is 25.9 Å². The van der Waals surface area contributed by atoms with Gasteiger partial charge in [0.2, 0.25) is 5.91 Å². The van der Waals surface area contributed by atoms with Gasteiger partial charge < -0.3 is 4.90 Å². The first kappa shape index (κ1) is 13.3. The molecule has 2 heterocycles. The van der Waals surface area contributed by atoms with Crippen molar-refractivity contribution in [2.45, 2.75) is 33.6 Å². The van der Waals surface area contributed by atoms with E-state index in [2.05, 4.69) is 0 Å². The zero-order valence-corrected chi connectivity index (χ0v) is 12.0. The summed E-state index contributed by atoms with van der Waals surface area (Å²) in [7, 11) is 0. The molecule has 1 aliphatic rings. The van der Waals surface area contributed by atoms with E-state index < -0.39 is 5.41 Å². The van der Waals surface area contributed by atoms with E-state index in [1.807, 2.05) is 37.1 Å². The smallest absolute Gasteiger partial charge is 0.227 e. The second kappa shape index (κ2) is 4.84. The Kier molecular flexibility index (Phi) is 3.57. The Morgan fingerprint density at radius 3 is 2.78 bits per heavy atom. The molecule has 1 aliphatic heterocycles. The molecule has 3 nitrogen and oxygen atoms in total. The minimum atomic E-state index is -0.390. The second-order valence-corrected chi connectivity index (χ2v) is 6.58. The summed E-state index contributed by atoms with van der Waals surface area (Å²) >= 11 is 1.63. The number of carbonyl (C=O) groups is 2. The van der Waals surface area contributed by atoms with E-state index in [4.69, 9.17) is 0 Å². The molecular weight excluding hydrogens is 246 g/mol. The highest BCUT2D eigenvalue weighted by molar-refractivity contribution is 7.10. The van der Waals surface area contributed by atoms with Gasteiger partial charge in [0.05, 0.1) is 6.42 Å². The van der Waals surface area contributed by atoms with Crippen molar-refractivity contribution in [1.82, 2.24) is 4.90 Å². The summed E-state index contributed by atoms with van der Waals surface area (Å²) in [6, 6.07) is 2.04. The first-order valence-corrected chi connectivity index (χ1v) is 7.12. The highest BCUT2D eigenvalue weighted by Crippen LogP contribution is 2.26. The molecule has 1 fully saturated rings. The van der Waals surface area contributed by atoms with Gasteiger partial charge in [-0.25, -0.2) is 0 Å². The van der Waals surface area contributed by atoms with Crippen molar-refractivity contribution < 1.29 is 9.59 Å². The van der Waals surface area contributed by atoms with Crippen molar-refractivity contribution in [2.24, 2.45) is 5.41 Å². The van der Waals surface area contributed by atoms with Crippen LogP contribution in [-0.2, 0) is 16.0 Å². The van der Waals surface area contributed by atoms with Crippen molar-refractivity contribution in [1.29, 1.82) is 0 Å². The van der Waals surface area contributed by atoms with Crippen LogP contribution in [0, 0.1) is 12.3 Å². The zero-order chi connectivity index (χ0) is 13.3. The third kappa shape index (κ3) is 2.64. The highest BCUT2D eigenvalue weighted by atomic mass is 32.1. The van der Waals surface area contributed by atoms with Crippen LogP contribution in [0.25, 0.3) is 0 Å². The van der Waals surface area contributed by atoms with Gasteiger partial charge in [-0.05, 0) is 23.9 Å².